The molecule has 0 radical (unpaired) electrons. The number of aryl methyl sites for hydroxylation is 1. The second-order valence-corrected chi connectivity index (χ2v) is 4.27. The van der Waals surface area contributed by atoms with Gasteiger partial charge in [-0.05, 0) is 25.0 Å². The lowest BCUT2D eigenvalue weighted by Gasteiger charge is -1.90. The van der Waals surface area contributed by atoms with Crippen LogP contribution in [-0.2, 0) is 0 Å². The standard InChI is InChI=1S/C11H13N3S/c1-3-7-12-14-11-13-9-6-4-5-8(2)10(9)15-11/h4-7H,3H2,1-2H3,(H,13,14)/b12-7+. The van der Waals surface area contributed by atoms with E-state index in [0.29, 0.717) is 0 Å². The number of aromatic nitrogens is 1. The molecule has 0 fully saturated rings. The summed E-state index contributed by atoms with van der Waals surface area (Å²) in [6.07, 6.45) is 2.76. The molecule has 0 spiro atoms. The van der Waals surface area contributed by atoms with Crippen molar-refractivity contribution in [1.82, 2.24) is 4.98 Å². The fraction of sp³-hybridized carbons (Fsp3) is 0.273. The van der Waals surface area contributed by atoms with Crippen molar-refractivity contribution in [3.8, 4) is 0 Å². The predicted molar refractivity (Wildman–Crippen MR) is 66.8 cm³/mol. The van der Waals surface area contributed by atoms with Crippen molar-refractivity contribution >= 4 is 32.9 Å². The molecule has 0 aliphatic carbocycles. The Bertz CT molecular complexity index is 488. The number of benzene rings is 1. The molecule has 1 aromatic heterocycles. The molecular formula is C11H13N3S. The first-order valence-electron chi connectivity index (χ1n) is 4.95. The molecule has 2 rings (SSSR count). The Hall–Kier alpha value is -1.42. The first-order valence-corrected chi connectivity index (χ1v) is 5.76. The number of rotatable bonds is 3. The van der Waals surface area contributed by atoms with Crippen molar-refractivity contribution in [3.05, 3.63) is 23.8 Å². The molecule has 0 bridgehead atoms. The lowest BCUT2D eigenvalue weighted by Crippen LogP contribution is -1.86. The van der Waals surface area contributed by atoms with Crippen LogP contribution in [0.2, 0.25) is 0 Å². The molecule has 0 unspecified atom stereocenters. The summed E-state index contributed by atoms with van der Waals surface area (Å²) in [5.41, 5.74) is 5.24. The first-order chi connectivity index (χ1) is 7.31. The SMILES string of the molecule is CC/C=N/Nc1nc2cccc(C)c2s1. The predicted octanol–water partition coefficient (Wildman–Crippen LogP) is 3.41. The van der Waals surface area contributed by atoms with Gasteiger partial charge in [0.2, 0.25) is 5.13 Å². The normalized spacial score (nSPS) is 11.3. The van der Waals surface area contributed by atoms with E-state index < -0.39 is 0 Å². The fourth-order valence-electron chi connectivity index (χ4n) is 1.33. The van der Waals surface area contributed by atoms with Gasteiger partial charge in [0.1, 0.15) is 0 Å². The van der Waals surface area contributed by atoms with E-state index in [4.69, 9.17) is 0 Å². The van der Waals surface area contributed by atoms with Gasteiger partial charge < -0.3 is 0 Å². The highest BCUT2D eigenvalue weighted by atomic mass is 32.1. The Morgan fingerprint density at radius 1 is 1.53 bits per heavy atom. The summed E-state index contributed by atoms with van der Waals surface area (Å²) >= 11 is 1.64. The number of fused-ring (bicyclic) bond motifs is 1. The van der Waals surface area contributed by atoms with Crippen molar-refractivity contribution in [2.45, 2.75) is 20.3 Å². The van der Waals surface area contributed by atoms with E-state index in [-0.39, 0.29) is 0 Å². The van der Waals surface area contributed by atoms with Crippen LogP contribution in [0.3, 0.4) is 0 Å². The third kappa shape index (κ3) is 2.15. The largest absolute Gasteiger partial charge is 0.253 e. The van der Waals surface area contributed by atoms with E-state index in [2.05, 4.69) is 28.5 Å². The highest BCUT2D eigenvalue weighted by molar-refractivity contribution is 7.22. The number of anilines is 1. The van der Waals surface area contributed by atoms with Crippen LogP contribution in [0.25, 0.3) is 10.2 Å². The highest BCUT2D eigenvalue weighted by Crippen LogP contribution is 2.28. The molecule has 15 heavy (non-hydrogen) atoms. The van der Waals surface area contributed by atoms with Crippen molar-refractivity contribution in [2.75, 3.05) is 5.43 Å². The molecule has 0 saturated heterocycles. The molecule has 2 aromatic rings. The number of thiazole rings is 1. The summed E-state index contributed by atoms with van der Waals surface area (Å²) in [5.74, 6) is 0. The van der Waals surface area contributed by atoms with Gasteiger partial charge in [-0.2, -0.15) is 5.10 Å². The van der Waals surface area contributed by atoms with Gasteiger partial charge in [0, 0.05) is 6.21 Å². The fourth-order valence-corrected chi connectivity index (χ4v) is 2.21. The number of nitrogens with zero attached hydrogens (tertiary/aromatic N) is 2. The summed E-state index contributed by atoms with van der Waals surface area (Å²) in [7, 11) is 0. The van der Waals surface area contributed by atoms with E-state index in [1.165, 1.54) is 10.3 Å². The van der Waals surface area contributed by atoms with Gasteiger partial charge in [0.05, 0.1) is 10.2 Å². The Morgan fingerprint density at radius 2 is 2.40 bits per heavy atom. The van der Waals surface area contributed by atoms with Crippen LogP contribution in [0, 0.1) is 6.92 Å². The maximum absolute atomic E-state index is 4.44. The van der Waals surface area contributed by atoms with Crippen LogP contribution in [0.5, 0.6) is 0 Å². The smallest absolute Gasteiger partial charge is 0.204 e. The van der Waals surface area contributed by atoms with Crippen LogP contribution in [0.4, 0.5) is 5.13 Å². The lowest BCUT2D eigenvalue weighted by molar-refractivity contribution is 1.25. The van der Waals surface area contributed by atoms with Crippen LogP contribution < -0.4 is 5.43 Å². The third-order valence-corrected chi connectivity index (χ3v) is 3.16. The molecule has 1 aromatic carbocycles. The van der Waals surface area contributed by atoms with Crippen LogP contribution in [-0.4, -0.2) is 11.2 Å². The lowest BCUT2D eigenvalue weighted by atomic mass is 10.2. The van der Waals surface area contributed by atoms with Crippen molar-refractivity contribution in [1.29, 1.82) is 0 Å². The maximum atomic E-state index is 4.44. The molecule has 1 heterocycles. The number of hydrogen-bond donors (Lipinski definition) is 1. The third-order valence-electron chi connectivity index (χ3n) is 2.05. The average molecular weight is 219 g/mol. The number of hydrogen-bond acceptors (Lipinski definition) is 4. The van der Waals surface area contributed by atoms with E-state index in [1.807, 2.05) is 25.3 Å². The minimum atomic E-state index is 0.851. The van der Waals surface area contributed by atoms with E-state index >= 15 is 0 Å². The highest BCUT2D eigenvalue weighted by Gasteiger charge is 2.03. The summed E-state index contributed by atoms with van der Waals surface area (Å²) < 4.78 is 1.23. The van der Waals surface area contributed by atoms with Crippen LogP contribution in [0.15, 0.2) is 23.3 Å². The van der Waals surface area contributed by atoms with Crippen molar-refractivity contribution in [2.24, 2.45) is 5.10 Å². The summed E-state index contributed by atoms with van der Waals surface area (Å²) in [5, 5.41) is 4.91. The molecule has 0 atom stereocenters. The quantitative estimate of drug-likeness (QED) is 0.634. The molecule has 0 saturated carbocycles. The van der Waals surface area contributed by atoms with Crippen molar-refractivity contribution in [3.63, 3.8) is 0 Å². The molecular weight excluding hydrogens is 206 g/mol. The Kier molecular flexibility index (Phi) is 2.97. The second kappa shape index (κ2) is 4.40. The van der Waals surface area contributed by atoms with Gasteiger partial charge >= 0.3 is 0 Å². The maximum Gasteiger partial charge on any atom is 0.204 e. The molecule has 3 nitrogen and oxygen atoms in total. The molecule has 78 valence electrons. The Morgan fingerprint density at radius 3 is 3.13 bits per heavy atom. The van der Waals surface area contributed by atoms with Gasteiger partial charge in [-0.3, -0.25) is 5.43 Å². The zero-order valence-corrected chi connectivity index (χ0v) is 9.64. The van der Waals surface area contributed by atoms with Gasteiger partial charge in [-0.1, -0.05) is 30.4 Å². The topological polar surface area (TPSA) is 37.3 Å². The van der Waals surface area contributed by atoms with Gasteiger partial charge in [-0.25, -0.2) is 4.98 Å². The molecule has 0 aliphatic heterocycles. The van der Waals surface area contributed by atoms with Gasteiger partial charge in [0.25, 0.3) is 0 Å². The minimum absolute atomic E-state index is 0.851. The van der Waals surface area contributed by atoms with E-state index in [0.717, 1.165) is 17.1 Å². The van der Waals surface area contributed by atoms with Crippen LogP contribution >= 0.6 is 11.3 Å². The monoisotopic (exact) mass is 219 g/mol. The van der Waals surface area contributed by atoms with Crippen LogP contribution in [0.1, 0.15) is 18.9 Å². The molecule has 0 aliphatic rings. The van der Waals surface area contributed by atoms with Gasteiger partial charge in [0.15, 0.2) is 0 Å². The Labute approximate surface area is 92.8 Å². The zero-order chi connectivity index (χ0) is 10.7. The summed E-state index contributed by atoms with van der Waals surface area (Å²) in [4.78, 5) is 4.44. The number of nitrogens with one attached hydrogen (secondary N) is 1. The number of hydrazone groups is 1. The zero-order valence-electron chi connectivity index (χ0n) is 8.82. The first kappa shape index (κ1) is 10.1. The summed E-state index contributed by atoms with van der Waals surface area (Å²) in [6, 6.07) is 6.14. The Balaban J connectivity index is 2.31. The molecule has 1 N–H and O–H groups in total. The second-order valence-electron chi connectivity index (χ2n) is 3.27. The van der Waals surface area contributed by atoms with E-state index in [9.17, 15) is 0 Å². The van der Waals surface area contributed by atoms with Gasteiger partial charge in [-0.15, -0.1) is 0 Å². The summed E-state index contributed by atoms with van der Waals surface area (Å²) in [6.45, 7) is 4.15. The average Bonchev–Trinajstić information content (AvgIpc) is 2.63. The molecule has 4 heteroatoms. The minimum Gasteiger partial charge on any atom is -0.253 e. The van der Waals surface area contributed by atoms with E-state index in [1.54, 1.807) is 11.3 Å². The molecule has 0 amide bonds. The van der Waals surface area contributed by atoms with Crippen molar-refractivity contribution < 1.29 is 0 Å².